The fourth-order valence-corrected chi connectivity index (χ4v) is 2.56. The Bertz CT molecular complexity index is 907. The molecule has 1 N–H and O–H groups in total. The number of benzene rings is 2. The molecule has 1 heterocycles. The van der Waals surface area contributed by atoms with Crippen LogP contribution >= 0.6 is 0 Å². The first-order chi connectivity index (χ1) is 12.5. The molecule has 0 aliphatic rings. The summed E-state index contributed by atoms with van der Waals surface area (Å²) in [5.41, 5.74) is 1.20. The van der Waals surface area contributed by atoms with E-state index in [4.69, 9.17) is 4.52 Å². The number of nitrogens with zero attached hydrogens (tertiary/aromatic N) is 2. The number of halogens is 2. The maximum absolute atomic E-state index is 13.7. The third-order valence-electron chi connectivity index (χ3n) is 3.82. The molecule has 26 heavy (non-hydrogen) atoms. The molecule has 0 fully saturated rings. The van der Waals surface area contributed by atoms with Crippen LogP contribution < -0.4 is 5.32 Å². The molecular weight excluding hydrogens is 340 g/mol. The first-order valence-electron chi connectivity index (χ1n) is 8.16. The number of Topliss-reactive ketones (excluding diaryl/α,β-unsaturated/α-hetero) is 1. The Morgan fingerprint density at radius 2 is 1.92 bits per heavy atom. The molecule has 5 nitrogen and oxygen atoms in total. The van der Waals surface area contributed by atoms with Gasteiger partial charge in [0.15, 0.2) is 5.78 Å². The zero-order chi connectivity index (χ0) is 18.5. The Labute approximate surface area is 149 Å². The van der Waals surface area contributed by atoms with Crippen LogP contribution in [0.2, 0.25) is 0 Å². The Hall–Kier alpha value is -3.09. The molecule has 0 saturated carbocycles. The highest BCUT2D eigenvalue weighted by Crippen LogP contribution is 2.20. The summed E-state index contributed by atoms with van der Waals surface area (Å²) in [6, 6.07) is 10.3. The van der Waals surface area contributed by atoms with Gasteiger partial charge in [0.2, 0.25) is 11.7 Å². The van der Waals surface area contributed by atoms with E-state index in [1.54, 1.807) is 24.3 Å². The highest BCUT2D eigenvalue weighted by molar-refractivity contribution is 5.99. The van der Waals surface area contributed by atoms with E-state index in [0.717, 1.165) is 0 Å². The molecular formula is C19H17F2N3O2. The molecule has 1 aromatic heterocycles. The van der Waals surface area contributed by atoms with Crippen molar-refractivity contribution in [2.24, 2.45) is 0 Å². The van der Waals surface area contributed by atoms with Gasteiger partial charge in [-0.2, -0.15) is 4.98 Å². The smallest absolute Gasteiger partial charge is 0.227 e. The van der Waals surface area contributed by atoms with Crippen molar-refractivity contribution in [3.63, 3.8) is 0 Å². The largest absolute Gasteiger partial charge is 0.384 e. The molecule has 3 rings (SSSR count). The van der Waals surface area contributed by atoms with Crippen LogP contribution in [-0.4, -0.2) is 22.5 Å². The van der Waals surface area contributed by atoms with Crippen molar-refractivity contribution in [1.82, 2.24) is 10.1 Å². The van der Waals surface area contributed by atoms with Crippen LogP contribution in [0.25, 0.3) is 11.4 Å². The van der Waals surface area contributed by atoms with Crippen LogP contribution in [-0.2, 0) is 6.42 Å². The summed E-state index contributed by atoms with van der Waals surface area (Å²) in [5, 5.41) is 6.94. The van der Waals surface area contributed by atoms with Gasteiger partial charge in [-0.25, -0.2) is 8.78 Å². The van der Waals surface area contributed by atoms with Crippen LogP contribution in [0.4, 0.5) is 14.5 Å². The van der Waals surface area contributed by atoms with Gasteiger partial charge < -0.3 is 9.84 Å². The number of aromatic nitrogens is 2. The summed E-state index contributed by atoms with van der Waals surface area (Å²) in [4.78, 5) is 15.8. The molecule has 0 bridgehead atoms. The molecule has 3 aromatic rings. The van der Waals surface area contributed by atoms with Crippen molar-refractivity contribution in [3.05, 3.63) is 65.6 Å². The average molecular weight is 357 g/mol. The summed E-state index contributed by atoms with van der Waals surface area (Å²) in [6.07, 6.45) is 1.17. The average Bonchev–Trinajstić information content (AvgIpc) is 3.08. The molecule has 0 spiro atoms. The number of carbonyl (C=O) groups excluding carboxylic acids is 1. The molecule has 7 heteroatoms. The highest BCUT2D eigenvalue weighted by Gasteiger charge is 2.13. The minimum absolute atomic E-state index is 0.0592. The second kappa shape index (κ2) is 7.86. The summed E-state index contributed by atoms with van der Waals surface area (Å²) < 4.78 is 31.9. The van der Waals surface area contributed by atoms with Gasteiger partial charge >= 0.3 is 0 Å². The van der Waals surface area contributed by atoms with Gasteiger partial charge in [0.1, 0.15) is 11.6 Å². The SMILES string of the molecule is CC(=O)c1c(F)cccc1NCCCc1nc(-c2ccc(F)cc2)no1. The van der Waals surface area contributed by atoms with Gasteiger partial charge in [-0.1, -0.05) is 11.2 Å². The lowest BCUT2D eigenvalue weighted by Crippen LogP contribution is -2.09. The van der Waals surface area contributed by atoms with Gasteiger partial charge in [0.05, 0.1) is 5.56 Å². The minimum Gasteiger partial charge on any atom is -0.384 e. The quantitative estimate of drug-likeness (QED) is 0.505. The molecule has 0 saturated heterocycles. The zero-order valence-electron chi connectivity index (χ0n) is 14.1. The number of hydrogen-bond donors (Lipinski definition) is 1. The molecule has 2 aromatic carbocycles. The Kier molecular flexibility index (Phi) is 5.36. The van der Waals surface area contributed by atoms with Crippen LogP contribution in [0.3, 0.4) is 0 Å². The first-order valence-corrected chi connectivity index (χ1v) is 8.16. The summed E-state index contributed by atoms with van der Waals surface area (Å²) >= 11 is 0. The van der Waals surface area contributed by atoms with Crippen LogP contribution in [0.15, 0.2) is 47.0 Å². The first kappa shape index (κ1) is 17.7. The van der Waals surface area contributed by atoms with E-state index in [2.05, 4.69) is 15.5 Å². The lowest BCUT2D eigenvalue weighted by Gasteiger charge is -2.10. The number of aryl methyl sites for hydroxylation is 1. The minimum atomic E-state index is -0.539. The second-order valence-electron chi connectivity index (χ2n) is 5.77. The highest BCUT2D eigenvalue weighted by atomic mass is 19.1. The van der Waals surface area contributed by atoms with Crippen molar-refractivity contribution in [1.29, 1.82) is 0 Å². The van der Waals surface area contributed by atoms with Gasteiger partial charge in [0, 0.05) is 24.2 Å². The number of rotatable bonds is 7. The molecule has 0 atom stereocenters. The monoisotopic (exact) mass is 357 g/mol. The van der Waals surface area contributed by atoms with E-state index in [-0.39, 0.29) is 17.2 Å². The van der Waals surface area contributed by atoms with Gasteiger partial charge in [-0.15, -0.1) is 0 Å². The van der Waals surface area contributed by atoms with E-state index in [0.29, 0.717) is 42.4 Å². The van der Waals surface area contributed by atoms with Crippen LogP contribution in [0, 0.1) is 11.6 Å². The van der Waals surface area contributed by atoms with E-state index in [1.807, 2.05) is 0 Å². The van der Waals surface area contributed by atoms with Crippen molar-refractivity contribution < 1.29 is 18.1 Å². The van der Waals surface area contributed by atoms with Gasteiger partial charge in [0.25, 0.3) is 0 Å². The fraction of sp³-hybridized carbons (Fsp3) is 0.211. The molecule has 0 radical (unpaired) electrons. The van der Waals surface area contributed by atoms with Gasteiger partial charge in [-0.3, -0.25) is 4.79 Å². The molecule has 134 valence electrons. The summed E-state index contributed by atoms with van der Waals surface area (Å²) in [5.74, 6) is -0.338. The lowest BCUT2D eigenvalue weighted by molar-refractivity contribution is 0.101. The van der Waals surface area contributed by atoms with Gasteiger partial charge in [-0.05, 0) is 49.7 Å². The number of hydrogen-bond acceptors (Lipinski definition) is 5. The predicted octanol–water partition coefficient (Wildman–Crippen LogP) is 4.26. The zero-order valence-corrected chi connectivity index (χ0v) is 14.1. The van der Waals surface area contributed by atoms with Crippen molar-refractivity contribution >= 4 is 11.5 Å². The fourth-order valence-electron chi connectivity index (χ4n) is 2.56. The maximum atomic E-state index is 13.7. The third-order valence-corrected chi connectivity index (χ3v) is 3.82. The summed E-state index contributed by atoms with van der Waals surface area (Å²) in [6.45, 7) is 1.84. The van der Waals surface area contributed by atoms with Crippen LogP contribution in [0.1, 0.15) is 29.6 Å². The van der Waals surface area contributed by atoms with Crippen molar-refractivity contribution in [3.8, 4) is 11.4 Å². The second-order valence-corrected chi connectivity index (χ2v) is 5.77. The Morgan fingerprint density at radius 1 is 1.15 bits per heavy atom. The van der Waals surface area contributed by atoms with E-state index >= 15 is 0 Å². The maximum Gasteiger partial charge on any atom is 0.227 e. The van der Waals surface area contributed by atoms with Crippen molar-refractivity contribution in [2.45, 2.75) is 19.8 Å². The normalized spacial score (nSPS) is 10.7. The topological polar surface area (TPSA) is 68.0 Å². The molecule has 0 aliphatic heterocycles. The Balaban J connectivity index is 1.56. The van der Waals surface area contributed by atoms with Crippen molar-refractivity contribution in [2.75, 3.05) is 11.9 Å². The standard InChI is InChI=1S/C19H17F2N3O2/c1-12(25)18-15(21)4-2-5-16(18)22-11-3-6-17-23-19(24-26-17)13-7-9-14(20)10-8-13/h2,4-5,7-10,22H,3,6,11H2,1H3. The van der Waals surface area contributed by atoms with E-state index < -0.39 is 5.82 Å². The molecule has 0 aliphatic carbocycles. The van der Waals surface area contributed by atoms with E-state index in [1.165, 1.54) is 25.1 Å². The third kappa shape index (κ3) is 4.11. The number of nitrogens with one attached hydrogen (secondary N) is 1. The number of ketones is 1. The molecule has 0 amide bonds. The molecule has 0 unspecified atom stereocenters. The van der Waals surface area contributed by atoms with Crippen LogP contribution in [0.5, 0.6) is 0 Å². The summed E-state index contributed by atoms with van der Waals surface area (Å²) in [7, 11) is 0. The number of anilines is 1. The Morgan fingerprint density at radius 3 is 2.65 bits per heavy atom. The number of carbonyl (C=O) groups is 1. The lowest BCUT2D eigenvalue weighted by atomic mass is 10.1. The predicted molar refractivity (Wildman–Crippen MR) is 92.9 cm³/mol. The van der Waals surface area contributed by atoms with E-state index in [9.17, 15) is 13.6 Å².